The fourth-order valence-corrected chi connectivity index (χ4v) is 4.16. The van der Waals surface area contributed by atoms with Gasteiger partial charge >= 0.3 is 6.18 Å². The lowest BCUT2D eigenvalue weighted by Crippen LogP contribution is -2.51. The van der Waals surface area contributed by atoms with Gasteiger partial charge in [-0.05, 0) is 61.1 Å². The molecule has 0 heterocycles. The third-order valence-corrected chi connectivity index (χ3v) is 5.95. The largest absolute Gasteiger partial charge is 0.432 e. The molecule has 0 fully saturated rings. The van der Waals surface area contributed by atoms with Crippen LogP contribution in [-0.2, 0) is 18.5 Å². The van der Waals surface area contributed by atoms with Crippen molar-refractivity contribution in [2.45, 2.75) is 64.2 Å². The zero-order chi connectivity index (χ0) is 24.8. The van der Waals surface area contributed by atoms with E-state index in [0.717, 1.165) is 11.6 Å². The summed E-state index contributed by atoms with van der Waals surface area (Å²) in [6, 6.07) is 6.03. The number of carbonyl (C=O) groups is 2. The first-order valence-corrected chi connectivity index (χ1v) is 10.5. The number of amides is 1. The van der Waals surface area contributed by atoms with Gasteiger partial charge < -0.3 is 5.32 Å². The van der Waals surface area contributed by atoms with E-state index >= 15 is 0 Å². The molecule has 1 N–H and O–H groups in total. The molecule has 0 spiro atoms. The number of ketones is 1. The highest BCUT2D eigenvalue weighted by Gasteiger charge is 2.70. The summed E-state index contributed by atoms with van der Waals surface area (Å²) in [6.07, 6.45) is -4.05. The zero-order valence-corrected chi connectivity index (χ0v) is 18.3. The minimum atomic E-state index is -5.85. The molecule has 0 aromatic heterocycles. The van der Waals surface area contributed by atoms with Crippen LogP contribution in [0.15, 0.2) is 30.3 Å². The number of hydrogen-bond donors (Lipinski definition) is 1. The minimum Gasteiger partial charge on any atom is -0.321 e. The number of nitrogens with one attached hydrogen (secondary N) is 1. The van der Waals surface area contributed by atoms with E-state index in [1.165, 1.54) is 13.0 Å². The Labute approximate surface area is 187 Å². The Morgan fingerprint density at radius 3 is 2.27 bits per heavy atom. The number of benzene rings is 2. The van der Waals surface area contributed by atoms with Crippen LogP contribution in [0.3, 0.4) is 0 Å². The van der Waals surface area contributed by atoms with Gasteiger partial charge in [0.15, 0.2) is 5.78 Å². The molecule has 1 unspecified atom stereocenters. The Bertz CT molecular complexity index is 1090. The van der Waals surface area contributed by atoms with Gasteiger partial charge in [0.2, 0.25) is 0 Å². The minimum absolute atomic E-state index is 0.00462. The molecule has 3 rings (SSSR count). The molecule has 33 heavy (non-hydrogen) atoms. The maximum Gasteiger partial charge on any atom is 0.432 e. The molecule has 1 aliphatic rings. The van der Waals surface area contributed by atoms with Crippen molar-refractivity contribution in [2.24, 2.45) is 0 Å². The number of aryl methyl sites for hydroxylation is 3. The van der Waals surface area contributed by atoms with Gasteiger partial charge in [-0.15, -0.1) is 0 Å². The molecule has 1 amide bonds. The molecule has 1 aliphatic carbocycles. The van der Waals surface area contributed by atoms with Crippen molar-refractivity contribution in [3.8, 4) is 0 Å². The summed E-state index contributed by atoms with van der Waals surface area (Å²) in [6.45, 7) is 2.75. The van der Waals surface area contributed by atoms with Crippen LogP contribution in [0.4, 0.5) is 32.0 Å². The summed E-state index contributed by atoms with van der Waals surface area (Å²) in [5.41, 5.74) is -4.35. The van der Waals surface area contributed by atoms with E-state index in [2.05, 4.69) is 5.32 Å². The van der Waals surface area contributed by atoms with Gasteiger partial charge in [0.1, 0.15) is 0 Å². The van der Waals surface area contributed by atoms with Gasteiger partial charge in [-0.2, -0.15) is 13.2 Å². The smallest absolute Gasteiger partial charge is 0.321 e. The van der Waals surface area contributed by atoms with Crippen molar-refractivity contribution in [1.82, 2.24) is 0 Å². The van der Waals surface area contributed by atoms with Crippen LogP contribution >= 0.6 is 0 Å². The number of fused-ring (bicyclic) bond motifs is 1. The second-order valence-corrected chi connectivity index (χ2v) is 8.33. The predicted molar refractivity (Wildman–Crippen MR) is 112 cm³/mol. The highest BCUT2D eigenvalue weighted by Crippen LogP contribution is 2.53. The van der Waals surface area contributed by atoms with Gasteiger partial charge in [-0.25, -0.2) is 13.2 Å². The van der Waals surface area contributed by atoms with E-state index in [9.17, 15) is 35.9 Å². The van der Waals surface area contributed by atoms with Gasteiger partial charge in [-0.3, -0.25) is 9.59 Å². The Morgan fingerprint density at radius 1 is 1.03 bits per heavy atom. The van der Waals surface area contributed by atoms with Gasteiger partial charge in [-0.1, -0.05) is 19.1 Å². The summed E-state index contributed by atoms with van der Waals surface area (Å²) in [5, 5.41) is 2.61. The maximum absolute atomic E-state index is 14.9. The molecule has 0 saturated carbocycles. The molecule has 0 aliphatic heterocycles. The zero-order valence-electron chi connectivity index (χ0n) is 18.3. The van der Waals surface area contributed by atoms with Gasteiger partial charge in [0.05, 0.1) is 0 Å². The number of rotatable bonds is 5. The summed E-state index contributed by atoms with van der Waals surface area (Å²) < 4.78 is 82.8. The van der Waals surface area contributed by atoms with Crippen LogP contribution in [0.25, 0.3) is 0 Å². The number of alkyl halides is 6. The summed E-state index contributed by atoms with van der Waals surface area (Å²) >= 11 is 0. The predicted octanol–water partition coefficient (Wildman–Crippen LogP) is 6.71. The molecular formula is C24H23F6NO2. The lowest BCUT2D eigenvalue weighted by Gasteiger charge is -2.34. The highest BCUT2D eigenvalue weighted by molar-refractivity contribution is 6.06. The standard InChI is InChI=1S/C24H23F6NO2/c1-4-14-12-17(23(27,22(3,25)26)24(28,29)30)10-13(2)20(14)31-21(33)16-8-9-18-15(11-16)6-5-7-19(18)32/h8-12H,4-7H2,1-3H3,(H,31,33). The summed E-state index contributed by atoms with van der Waals surface area (Å²) in [7, 11) is 0. The van der Waals surface area contributed by atoms with Crippen molar-refractivity contribution < 1.29 is 35.9 Å². The first-order chi connectivity index (χ1) is 15.2. The molecule has 9 heteroatoms. The van der Waals surface area contributed by atoms with Crippen LogP contribution < -0.4 is 5.32 Å². The maximum atomic E-state index is 14.9. The van der Waals surface area contributed by atoms with E-state index < -0.39 is 29.2 Å². The SMILES string of the molecule is CCc1cc(C(F)(C(C)(F)F)C(F)(F)F)cc(C)c1NC(=O)c1ccc2c(c1)CCCC2=O. The number of Topliss-reactive ketones (excluding diaryl/α,β-unsaturated/α-hetero) is 1. The second-order valence-electron chi connectivity index (χ2n) is 8.33. The van der Waals surface area contributed by atoms with Crippen LogP contribution in [0, 0.1) is 6.92 Å². The Hall–Kier alpha value is -2.84. The first kappa shape index (κ1) is 24.8. The molecule has 0 saturated heterocycles. The van der Waals surface area contributed by atoms with E-state index in [0.29, 0.717) is 30.9 Å². The molecule has 2 aromatic carbocycles. The van der Waals surface area contributed by atoms with Crippen molar-refractivity contribution >= 4 is 17.4 Å². The Morgan fingerprint density at radius 2 is 1.70 bits per heavy atom. The van der Waals surface area contributed by atoms with Crippen LogP contribution in [-0.4, -0.2) is 23.8 Å². The monoisotopic (exact) mass is 471 g/mol. The van der Waals surface area contributed by atoms with E-state index in [-0.39, 0.29) is 41.5 Å². The average Bonchev–Trinajstić information content (AvgIpc) is 2.72. The van der Waals surface area contributed by atoms with Crippen molar-refractivity contribution in [3.05, 3.63) is 63.7 Å². The van der Waals surface area contributed by atoms with Crippen LogP contribution in [0.2, 0.25) is 0 Å². The highest BCUT2D eigenvalue weighted by atomic mass is 19.4. The van der Waals surface area contributed by atoms with E-state index in [1.54, 1.807) is 19.1 Å². The quantitative estimate of drug-likeness (QED) is 0.493. The van der Waals surface area contributed by atoms with E-state index in [1.807, 2.05) is 0 Å². The number of halogens is 6. The van der Waals surface area contributed by atoms with Crippen LogP contribution in [0.1, 0.15) is 69.7 Å². The van der Waals surface area contributed by atoms with Crippen molar-refractivity contribution in [3.63, 3.8) is 0 Å². The van der Waals surface area contributed by atoms with Gasteiger partial charge in [0, 0.05) is 35.7 Å². The average molecular weight is 471 g/mol. The van der Waals surface area contributed by atoms with Crippen LogP contribution in [0.5, 0.6) is 0 Å². The van der Waals surface area contributed by atoms with Gasteiger partial charge in [0.25, 0.3) is 17.5 Å². The van der Waals surface area contributed by atoms with E-state index in [4.69, 9.17) is 0 Å². The Kier molecular flexibility index (Phi) is 6.39. The summed E-state index contributed by atoms with van der Waals surface area (Å²) in [4.78, 5) is 24.8. The fraction of sp³-hybridized carbons (Fsp3) is 0.417. The lowest BCUT2D eigenvalue weighted by molar-refractivity contribution is -0.304. The topological polar surface area (TPSA) is 46.2 Å². The molecule has 3 nitrogen and oxygen atoms in total. The number of carbonyl (C=O) groups excluding carboxylic acids is 2. The summed E-state index contributed by atoms with van der Waals surface area (Å²) in [5.74, 6) is -5.31. The van der Waals surface area contributed by atoms with Crippen molar-refractivity contribution in [2.75, 3.05) is 5.32 Å². The fourth-order valence-electron chi connectivity index (χ4n) is 4.16. The number of anilines is 1. The third kappa shape index (κ3) is 4.37. The lowest BCUT2D eigenvalue weighted by atomic mass is 9.86. The molecule has 2 aromatic rings. The second kappa shape index (κ2) is 8.50. The molecule has 0 bridgehead atoms. The normalized spacial score (nSPS) is 16.2. The molecule has 1 atom stereocenters. The Balaban J connectivity index is 2.00. The molecule has 0 radical (unpaired) electrons. The number of hydrogen-bond acceptors (Lipinski definition) is 2. The van der Waals surface area contributed by atoms with Crippen molar-refractivity contribution in [1.29, 1.82) is 0 Å². The molecule has 178 valence electrons. The molecular weight excluding hydrogens is 448 g/mol. The first-order valence-electron chi connectivity index (χ1n) is 10.5. The third-order valence-electron chi connectivity index (χ3n) is 5.95.